The lowest BCUT2D eigenvalue weighted by Gasteiger charge is -2.02. The quantitative estimate of drug-likeness (QED) is 0.696. The van der Waals surface area contributed by atoms with Gasteiger partial charge in [-0.25, -0.2) is 5.10 Å². The van der Waals surface area contributed by atoms with Crippen LogP contribution in [0, 0.1) is 4.84 Å². The summed E-state index contributed by atoms with van der Waals surface area (Å²) < 4.78 is 5.25. The van der Waals surface area contributed by atoms with Gasteiger partial charge < -0.3 is 9.52 Å². The molecule has 0 atom stereocenters. The molecule has 1 aromatic heterocycles. The summed E-state index contributed by atoms with van der Waals surface area (Å²) in [5.74, 6) is 0.732. The molecule has 0 aliphatic carbocycles. The molecule has 0 amide bonds. The minimum absolute atomic E-state index is 0.258. The molecule has 2 aromatic carbocycles. The first-order valence-electron chi connectivity index (χ1n) is 5.68. The molecular formula is C14H10N2O2S. The normalized spacial score (nSPS) is 10.5. The molecule has 0 unspecified atom stereocenters. The van der Waals surface area contributed by atoms with Crippen molar-refractivity contribution in [3.8, 4) is 28.3 Å². The molecule has 0 aliphatic heterocycles. The Kier molecular flexibility index (Phi) is 2.89. The topological polar surface area (TPSA) is 62.1 Å². The van der Waals surface area contributed by atoms with Crippen LogP contribution in [-0.2, 0) is 0 Å². The molecule has 5 heteroatoms. The predicted octanol–water partition coefficient (Wildman–Crippen LogP) is 3.77. The van der Waals surface area contributed by atoms with Crippen LogP contribution in [0.4, 0.5) is 0 Å². The number of phenolic OH excluding ortho intramolecular Hbond substituents is 1. The van der Waals surface area contributed by atoms with E-state index in [1.54, 1.807) is 12.1 Å². The number of hydrogen-bond donors (Lipinski definition) is 2. The molecule has 4 nitrogen and oxygen atoms in total. The van der Waals surface area contributed by atoms with Crippen molar-refractivity contribution in [3.63, 3.8) is 0 Å². The third-order valence-electron chi connectivity index (χ3n) is 2.77. The molecule has 3 rings (SSSR count). The molecule has 2 N–H and O–H groups in total. The highest BCUT2D eigenvalue weighted by Gasteiger charge is 2.04. The van der Waals surface area contributed by atoms with E-state index in [9.17, 15) is 5.11 Å². The van der Waals surface area contributed by atoms with Crippen molar-refractivity contribution in [1.82, 2.24) is 10.2 Å². The van der Waals surface area contributed by atoms with E-state index in [0.717, 1.165) is 16.7 Å². The first-order chi connectivity index (χ1) is 9.22. The van der Waals surface area contributed by atoms with Gasteiger partial charge >= 0.3 is 0 Å². The maximum absolute atomic E-state index is 9.26. The summed E-state index contributed by atoms with van der Waals surface area (Å²) in [4.78, 5) is 0.262. The van der Waals surface area contributed by atoms with Gasteiger partial charge in [-0.3, -0.25) is 0 Å². The van der Waals surface area contributed by atoms with Crippen molar-refractivity contribution in [2.75, 3.05) is 0 Å². The maximum Gasteiger partial charge on any atom is 0.284 e. The number of rotatable bonds is 2. The van der Waals surface area contributed by atoms with Crippen molar-refractivity contribution in [3.05, 3.63) is 53.4 Å². The minimum atomic E-state index is 0.258. The van der Waals surface area contributed by atoms with Crippen LogP contribution >= 0.6 is 12.2 Å². The molecule has 94 valence electrons. The molecule has 3 aromatic rings. The molecule has 0 fully saturated rings. The standard InChI is InChI=1S/C14H10N2O2S/c17-12-7-5-10(6-8-12)9-1-3-11(4-2-9)13-15-16-14(19)18-13/h1-8,17H,(H,16,19). The monoisotopic (exact) mass is 270 g/mol. The van der Waals surface area contributed by atoms with Gasteiger partial charge in [0.25, 0.3) is 4.84 Å². The van der Waals surface area contributed by atoms with E-state index >= 15 is 0 Å². The number of aromatic hydroxyl groups is 1. The van der Waals surface area contributed by atoms with Crippen molar-refractivity contribution < 1.29 is 9.52 Å². The first kappa shape index (κ1) is 11.7. The van der Waals surface area contributed by atoms with Crippen LogP contribution in [-0.4, -0.2) is 15.3 Å². The molecule has 1 heterocycles. The lowest BCUT2D eigenvalue weighted by molar-refractivity contribution is 0.475. The maximum atomic E-state index is 9.26. The van der Waals surface area contributed by atoms with Crippen molar-refractivity contribution in [1.29, 1.82) is 0 Å². The molecule has 19 heavy (non-hydrogen) atoms. The Morgan fingerprint density at radius 2 is 1.42 bits per heavy atom. The second kappa shape index (κ2) is 4.70. The van der Waals surface area contributed by atoms with Crippen LogP contribution in [0.15, 0.2) is 52.9 Å². The molecular weight excluding hydrogens is 260 g/mol. The average Bonchev–Trinajstić information content (AvgIpc) is 2.87. The van der Waals surface area contributed by atoms with Crippen LogP contribution in [0.5, 0.6) is 5.75 Å². The van der Waals surface area contributed by atoms with E-state index in [2.05, 4.69) is 10.2 Å². The lowest BCUT2D eigenvalue weighted by Crippen LogP contribution is -1.80. The van der Waals surface area contributed by atoms with E-state index in [0.29, 0.717) is 5.89 Å². The minimum Gasteiger partial charge on any atom is -0.508 e. The van der Waals surface area contributed by atoms with Crippen LogP contribution in [0.1, 0.15) is 0 Å². The van der Waals surface area contributed by atoms with E-state index in [1.165, 1.54) is 0 Å². The first-order valence-corrected chi connectivity index (χ1v) is 6.08. The van der Waals surface area contributed by atoms with Gasteiger partial charge in [-0.1, -0.05) is 24.3 Å². The Morgan fingerprint density at radius 3 is 1.95 bits per heavy atom. The Hall–Kier alpha value is -2.40. The predicted molar refractivity (Wildman–Crippen MR) is 74.2 cm³/mol. The third-order valence-corrected chi connectivity index (χ3v) is 2.95. The highest BCUT2D eigenvalue weighted by molar-refractivity contribution is 7.71. The highest BCUT2D eigenvalue weighted by atomic mass is 32.1. The smallest absolute Gasteiger partial charge is 0.284 e. The molecule has 0 bridgehead atoms. The van der Waals surface area contributed by atoms with E-state index < -0.39 is 0 Å². The van der Waals surface area contributed by atoms with Crippen molar-refractivity contribution in [2.45, 2.75) is 0 Å². The Morgan fingerprint density at radius 1 is 0.895 bits per heavy atom. The van der Waals surface area contributed by atoms with Gasteiger partial charge in [-0.05, 0) is 47.6 Å². The van der Waals surface area contributed by atoms with E-state index in [1.807, 2.05) is 36.4 Å². The molecule has 0 radical (unpaired) electrons. The largest absolute Gasteiger partial charge is 0.508 e. The Labute approximate surface area is 114 Å². The Bertz CT molecular complexity index is 742. The summed E-state index contributed by atoms with van der Waals surface area (Å²) in [6, 6.07) is 14.8. The Balaban J connectivity index is 1.94. The number of nitrogens with one attached hydrogen (secondary N) is 1. The van der Waals surface area contributed by atoms with Crippen LogP contribution in [0.2, 0.25) is 0 Å². The fourth-order valence-electron chi connectivity index (χ4n) is 1.81. The SMILES string of the molecule is Oc1ccc(-c2ccc(-c3n[nH]c(=S)o3)cc2)cc1. The zero-order chi connectivity index (χ0) is 13.2. The summed E-state index contributed by atoms with van der Waals surface area (Å²) >= 11 is 4.84. The summed E-state index contributed by atoms with van der Waals surface area (Å²) in [7, 11) is 0. The second-order valence-electron chi connectivity index (χ2n) is 4.04. The number of nitrogens with zero attached hydrogens (tertiary/aromatic N) is 1. The molecule has 0 aliphatic rings. The number of benzene rings is 2. The average molecular weight is 270 g/mol. The summed E-state index contributed by atoms with van der Waals surface area (Å²) in [6.45, 7) is 0. The van der Waals surface area contributed by atoms with Gasteiger partial charge in [0.2, 0.25) is 5.89 Å². The van der Waals surface area contributed by atoms with Gasteiger partial charge in [-0.2, -0.15) is 0 Å². The van der Waals surface area contributed by atoms with E-state index in [4.69, 9.17) is 16.6 Å². The number of aromatic amines is 1. The molecule has 0 saturated carbocycles. The number of H-pyrrole nitrogens is 1. The van der Waals surface area contributed by atoms with Gasteiger partial charge in [0.15, 0.2) is 0 Å². The van der Waals surface area contributed by atoms with Gasteiger partial charge in [0.1, 0.15) is 5.75 Å². The van der Waals surface area contributed by atoms with Crippen LogP contribution in [0.25, 0.3) is 22.6 Å². The fourth-order valence-corrected chi connectivity index (χ4v) is 1.94. The van der Waals surface area contributed by atoms with Crippen LogP contribution in [0.3, 0.4) is 0 Å². The number of hydrogen-bond acceptors (Lipinski definition) is 4. The highest BCUT2D eigenvalue weighted by Crippen LogP contribution is 2.25. The zero-order valence-electron chi connectivity index (χ0n) is 9.83. The van der Waals surface area contributed by atoms with Crippen molar-refractivity contribution in [2.24, 2.45) is 0 Å². The number of aromatic nitrogens is 2. The second-order valence-corrected chi connectivity index (χ2v) is 4.41. The van der Waals surface area contributed by atoms with Gasteiger partial charge in [0, 0.05) is 5.56 Å². The number of phenols is 1. The van der Waals surface area contributed by atoms with Crippen LogP contribution < -0.4 is 0 Å². The third kappa shape index (κ3) is 2.41. The van der Waals surface area contributed by atoms with Crippen molar-refractivity contribution >= 4 is 12.2 Å². The lowest BCUT2D eigenvalue weighted by atomic mass is 10.0. The summed E-state index contributed by atoms with van der Waals surface area (Å²) in [6.07, 6.45) is 0. The summed E-state index contributed by atoms with van der Waals surface area (Å²) in [5.41, 5.74) is 2.94. The van der Waals surface area contributed by atoms with E-state index in [-0.39, 0.29) is 10.6 Å². The zero-order valence-corrected chi connectivity index (χ0v) is 10.6. The summed E-state index contributed by atoms with van der Waals surface area (Å²) in [5, 5.41) is 15.8. The molecule has 0 spiro atoms. The van der Waals surface area contributed by atoms with Gasteiger partial charge in [0.05, 0.1) is 0 Å². The fraction of sp³-hybridized carbons (Fsp3) is 0. The van der Waals surface area contributed by atoms with Gasteiger partial charge in [-0.15, -0.1) is 5.10 Å². The molecule has 0 saturated heterocycles.